The molecule has 0 aliphatic heterocycles. The van der Waals surface area contributed by atoms with Crippen molar-refractivity contribution in [3.63, 3.8) is 0 Å². The van der Waals surface area contributed by atoms with Crippen molar-refractivity contribution in [1.29, 1.82) is 0 Å². The summed E-state index contributed by atoms with van der Waals surface area (Å²) in [5.41, 5.74) is 6.76. The van der Waals surface area contributed by atoms with Crippen LogP contribution in [-0.4, -0.2) is 14.6 Å². The monoisotopic (exact) mass is 168 g/mol. The molecule has 0 aliphatic carbocycles. The van der Waals surface area contributed by atoms with Crippen LogP contribution in [0.1, 0.15) is 0 Å². The molecule has 0 amide bonds. The molecule has 2 rings (SSSR count). The summed E-state index contributed by atoms with van der Waals surface area (Å²) in [5.74, 6) is 0. The van der Waals surface area contributed by atoms with Gasteiger partial charge in [0.2, 0.25) is 5.28 Å². The maximum absolute atomic E-state index is 5.68. The van der Waals surface area contributed by atoms with Crippen LogP contribution in [0.4, 0.5) is 5.69 Å². The van der Waals surface area contributed by atoms with Crippen LogP contribution in [0.3, 0.4) is 0 Å². The van der Waals surface area contributed by atoms with E-state index in [0.717, 1.165) is 0 Å². The summed E-state index contributed by atoms with van der Waals surface area (Å²) in [6.07, 6.45) is 1.76. The Morgan fingerprint density at radius 1 is 1.45 bits per heavy atom. The van der Waals surface area contributed by atoms with Crippen molar-refractivity contribution in [3.8, 4) is 0 Å². The van der Waals surface area contributed by atoms with Crippen molar-refractivity contribution in [2.75, 3.05) is 5.73 Å². The number of nitrogens with two attached hydrogens (primary N) is 1. The summed E-state index contributed by atoms with van der Waals surface area (Å²) in [4.78, 5) is 0. The standard InChI is InChI=1S/C6H5ClN4/c7-6-10-9-5-4(8)2-1-3-11(5)6/h1-3H,8H2. The predicted octanol–water partition coefficient (Wildman–Crippen LogP) is 0.965. The zero-order valence-electron chi connectivity index (χ0n) is 5.53. The maximum atomic E-state index is 5.68. The van der Waals surface area contributed by atoms with Gasteiger partial charge in [0, 0.05) is 6.20 Å². The molecule has 0 unspecified atom stereocenters. The Balaban J connectivity index is 2.94. The van der Waals surface area contributed by atoms with E-state index in [-0.39, 0.29) is 0 Å². The van der Waals surface area contributed by atoms with Gasteiger partial charge in [0.25, 0.3) is 0 Å². The molecule has 56 valence electrons. The highest BCUT2D eigenvalue weighted by Crippen LogP contribution is 2.13. The molecule has 2 N–H and O–H groups in total. The van der Waals surface area contributed by atoms with Crippen LogP contribution >= 0.6 is 11.6 Å². The number of fused-ring (bicyclic) bond motifs is 1. The second kappa shape index (κ2) is 2.10. The molecule has 0 fully saturated rings. The van der Waals surface area contributed by atoms with Gasteiger partial charge in [-0.05, 0) is 23.7 Å². The van der Waals surface area contributed by atoms with Crippen molar-refractivity contribution in [1.82, 2.24) is 14.6 Å². The Hall–Kier alpha value is -1.29. The molecule has 0 aromatic carbocycles. The lowest BCUT2D eigenvalue weighted by molar-refractivity contribution is 1.10. The molecule has 0 aliphatic rings. The molecular formula is C6H5ClN4. The second-order valence-electron chi connectivity index (χ2n) is 2.13. The Kier molecular flexibility index (Phi) is 1.22. The largest absolute Gasteiger partial charge is 0.396 e. The van der Waals surface area contributed by atoms with Gasteiger partial charge in [-0.1, -0.05) is 0 Å². The van der Waals surface area contributed by atoms with Gasteiger partial charge >= 0.3 is 0 Å². The molecule has 4 nitrogen and oxygen atoms in total. The highest BCUT2D eigenvalue weighted by molar-refractivity contribution is 6.28. The third kappa shape index (κ3) is 0.832. The van der Waals surface area contributed by atoms with Crippen LogP contribution in [0.25, 0.3) is 5.65 Å². The van der Waals surface area contributed by atoms with Gasteiger partial charge in [0.1, 0.15) is 0 Å². The van der Waals surface area contributed by atoms with Gasteiger partial charge in [-0.15, -0.1) is 10.2 Å². The van der Waals surface area contributed by atoms with E-state index in [2.05, 4.69) is 10.2 Å². The number of anilines is 1. The SMILES string of the molecule is Nc1cccn2c(Cl)nnc12. The second-order valence-corrected chi connectivity index (χ2v) is 2.46. The lowest BCUT2D eigenvalue weighted by Crippen LogP contribution is -1.91. The molecule has 0 spiro atoms. The third-order valence-corrected chi connectivity index (χ3v) is 1.68. The Labute approximate surface area is 67.6 Å². The quantitative estimate of drug-likeness (QED) is 0.638. The number of rotatable bonds is 0. The van der Waals surface area contributed by atoms with E-state index in [1.165, 1.54) is 0 Å². The number of hydrogen-bond acceptors (Lipinski definition) is 3. The molecule has 0 saturated heterocycles. The fourth-order valence-corrected chi connectivity index (χ4v) is 1.08. The van der Waals surface area contributed by atoms with Crippen LogP contribution in [-0.2, 0) is 0 Å². The molecule has 2 aromatic heterocycles. The highest BCUT2D eigenvalue weighted by atomic mass is 35.5. The normalized spacial score (nSPS) is 10.6. The van der Waals surface area contributed by atoms with Gasteiger partial charge in [0.05, 0.1) is 5.69 Å². The smallest absolute Gasteiger partial charge is 0.229 e. The molecule has 2 heterocycles. The summed E-state index contributed by atoms with van der Waals surface area (Å²) < 4.78 is 1.62. The van der Waals surface area contributed by atoms with Crippen molar-refractivity contribution >= 4 is 22.9 Å². The lowest BCUT2D eigenvalue weighted by Gasteiger charge is -1.94. The summed E-state index contributed by atoms with van der Waals surface area (Å²) >= 11 is 5.68. The third-order valence-electron chi connectivity index (χ3n) is 1.42. The summed E-state index contributed by atoms with van der Waals surface area (Å²) in [5, 5.41) is 7.75. The average Bonchev–Trinajstić information content (AvgIpc) is 2.35. The van der Waals surface area contributed by atoms with Crippen LogP contribution < -0.4 is 5.73 Å². The number of halogens is 1. The van der Waals surface area contributed by atoms with E-state index in [1.54, 1.807) is 22.7 Å². The fourth-order valence-electron chi connectivity index (χ4n) is 0.909. The van der Waals surface area contributed by atoms with Crippen LogP contribution in [0.15, 0.2) is 18.3 Å². The minimum atomic E-state index is 0.326. The van der Waals surface area contributed by atoms with Gasteiger partial charge < -0.3 is 5.73 Å². The van der Waals surface area contributed by atoms with E-state index in [1.807, 2.05) is 0 Å². The summed E-state index contributed by atoms with van der Waals surface area (Å²) in [6.45, 7) is 0. The minimum Gasteiger partial charge on any atom is -0.396 e. The van der Waals surface area contributed by atoms with Crippen molar-refractivity contribution in [3.05, 3.63) is 23.6 Å². The predicted molar refractivity (Wildman–Crippen MR) is 42.4 cm³/mol. The number of nitrogen functional groups attached to an aromatic ring is 1. The van der Waals surface area contributed by atoms with Crippen LogP contribution in [0.2, 0.25) is 5.28 Å². The van der Waals surface area contributed by atoms with Crippen LogP contribution in [0, 0.1) is 0 Å². The molecule has 0 saturated carbocycles. The maximum Gasteiger partial charge on any atom is 0.229 e. The van der Waals surface area contributed by atoms with E-state index in [0.29, 0.717) is 16.6 Å². The van der Waals surface area contributed by atoms with Crippen molar-refractivity contribution in [2.45, 2.75) is 0 Å². The topological polar surface area (TPSA) is 56.2 Å². The highest BCUT2D eigenvalue weighted by Gasteiger charge is 2.02. The Bertz CT molecular complexity index is 394. The first-order valence-electron chi connectivity index (χ1n) is 3.04. The minimum absolute atomic E-state index is 0.326. The van der Waals surface area contributed by atoms with E-state index in [4.69, 9.17) is 17.3 Å². The van der Waals surface area contributed by atoms with Crippen molar-refractivity contribution in [2.24, 2.45) is 0 Å². The Morgan fingerprint density at radius 3 is 3.00 bits per heavy atom. The molecule has 5 heteroatoms. The lowest BCUT2D eigenvalue weighted by atomic mass is 10.4. The van der Waals surface area contributed by atoms with Gasteiger partial charge in [-0.2, -0.15) is 0 Å². The first kappa shape index (κ1) is 6.42. The van der Waals surface area contributed by atoms with Gasteiger partial charge in [0.15, 0.2) is 5.65 Å². The number of pyridine rings is 1. The van der Waals surface area contributed by atoms with E-state index in [9.17, 15) is 0 Å². The van der Waals surface area contributed by atoms with E-state index >= 15 is 0 Å². The number of hydrogen-bond donors (Lipinski definition) is 1. The zero-order chi connectivity index (χ0) is 7.84. The molecule has 0 radical (unpaired) electrons. The Morgan fingerprint density at radius 2 is 2.27 bits per heavy atom. The van der Waals surface area contributed by atoms with Crippen molar-refractivity contribution < 1.29 is 0 Å². The summed E-state index contributed by atoms with van der Waals surface area (Å²) in [6, 6.07) is 3.54. The first-order valence-corrected chi connectivity index (χ1v) is 3.41. The molecule has 2 aromatic rings. The average molecular weight is 169 g/mol. The van der Waals surface area contributed by atoms with Crippen LogP contribution in [0.5, 0.6) is 0 Å². The number of nitrogens with zero attached hydrogens (tertiary/aromatic N) is 3. The molecule has 0 atom stereocenters. The number of aromatic nitrogens is 3. The van der Waals surface area contributed by atoms with Gasteiger partial charge in [-0.25, -0.2) is 0 Å². The zero-order valence-corrected chi connectivity index (χ0v) is 6.28. The first-order chi connectivity index (χ1) is 5.29. The fraction of sp³-hybridized carbons (Fsp3) is 0. The summed E-state index contributed by atoms with van der Waals surface area (Å²) in [7, 11) is 0. The molecule has 11 heavy (non-hydrogen) atoms. The van der Waals surface area contributed by atoms with E-state index < -0.39 is 0 Å². The van der Waals surface area contributed by atoms with Gasteiger partial charge in [-0.3, -0.25) is 4.40 Å². The molecule has 0 bridgehead atoms. The molecular weight excluding hydrogens is 164 g/mol.